The van der Waals surface area contributed by atoms with Crippen molar-refractivity contribution in [2.75, 3.05) is 0 Å². The Kier molecular flexibility index (Phi) is 20.0. The van der Waals surface area contributed by atoms with Crippen LogP contribution in [0.5, 0.6) is 0 Å². The van der Waals surface area contributed by atoms with Crippen molar-refractivity contribution in [3.05, 3.63) is 0 Å². The van der Waals surface area contributed by atoms with E-state index in [4.69, 9.17) is 4.74 Å². The first-order chi connectivity index (χ1) is 18.0. The molecule has 4 nitrogen and oxygen atoms in total. The summed E-state index contributed by atoms with van der Waals surface area (Å²) in [6.45, 7) is 6.36. The third-order valence-corrected chi connectivity index (χ3v) is 8.76. The molecule has 3 atom stereocenters. The fourth-order valence-corrected chi connectivity index (χ4v) is 6.06. The van der Waals surface area contributed by atoms with Crippen molar-refractivity contribution in [2.24, 2.45) is 11.3 Å². The maximum absolute atomic E-state index is 13.3. The van der Waals surface area contributed by atoms with Crippen LogP contribution in [0.15, 0.2) is 0 Å². The molecule has 0 amide bonds. The largest absolute Gasteiger partial charge is 0.481 e. The van der Waals surface area contributed by atoms with Gasteiger partial charge in [0.1, 0.15) is 6.10 Å². The molecule has 1 aliphatic carbocycles. The number of carboxylic acid groups (broad SMARTS) is 1. The number of rotatable bonds is 24. The third kappa shape index (κ3) is 15.2. The fraction of sp³-hybridized carbons (Fsp3) is 0.939. The van der Waals surface area contributed by atoms with E-state index in [0.29, 0.717) is 12.8 Å². The monoisotopic (exact) mass is 522 g/mol. The zero-order chi connectivity index (χ0) is 27.2. The summed E-state index contributed by atoms with van der Waals surface area (Å²) in [5.74, 6) is -1.71. The molecule has 218 valence electrons. The summed E-state index contributed by atoms with van der Waals surface area (Å²) in [7, 11) is 0. The molecule has 1 N–H and O–H groups in total. The van der Waals surface area contributed by atoms with Gasteiger partial charge in [0.05, 0.1) is 11.3 Å². The number of aliphatic carboxylic acids is 1. The van der Waals surface area contributed by atoms with E-state index in [9.17, 15) is 14.7 Å². The highest BCUT2D eigenvalue weighted by molar-refractivity contribution is 5.84. The second-order valence-electron chi connectivity index (χ2n) is 12.2. The molecular weight excluding hydrogens is 460 g/mol. The number of hydrogen-bond donors (Lipinski definition) is 1. The Morgan fingerprint density at radius 3 is 1.51 bits per heavy atom. The van der Waals surface area contributed by atoms with Gasteiger partial charge in [-0.1, -0.05) is 136 Å². The second kappa shape index (κ2) is 21.8. The average Bonchev–Trinajstić information content (AvgIpc) is 2.88. The molecule has 0 heterocycles. The number of carbonyl (C=O) groups excluding carboxylic acids is 1. The van der Waals surface area contributed by atoms with Crippen LogP contribution in [0.3, 0.4) is 0 Å². The highest BCUT2D eigenvalue weighted by atomic mass is 16.5. The minimum Gasteiger partial charge on any atom is -0.481 e. The second-order valence-corrected chi connectivity index (χ2v) is 12.2. The predicted octanol–water partition coefficient (Wildman–Crippen LogP) is 10.4. The lowest BCUT2D eigenvalue weighted by Crippen LogP contribution is -2.44. The lowest BCUT2D eigenvalue weighted by molar-refractivity contribution is -0.174. The fourth-order valence-electron chi connectivity index (χ4n) is 6.06. The predicted molar refractivity (Wildman–Crippen MR) is 156 cm³/mol. The number of hydrogen-bond acceptors (Lipinski definition) is 3. The SMILES string of the molecule is CCCCCCCCCCCCC(CCCCCCCCCCC)OC(=O)C1(C)CCCCC1C(=O)O. The van der Waals surface area contributed by atoms with Crippen LogP contribution in [0.1, 0.15) is 181 Å². The first-order valence-corrected chi connectivity index (χ1v) is 16.4. The summed E-state index contributed by atoms with van der Waals surface area (Å²) >= 11 is 0. The van der Waals surface area contributed by atoms with Crippen molar-refractivity contribution < 1.29 is 19.4 Å². The van der Waals surface area contributed by atoms with Gasteiger partial charge in [-0.05, 0) is 45.4 Å². The third-order valence-electron chi connectivity index (χ3n) is 8.76. The van der Waals surface area contributed by atoms with Crippen molar-refractivity contribution in [3.63, 3.8) is 0 Å². The Bertz CT molecular complexity index is 575. The van der Waals surface area contributed by atoms with Crippen LogP contribution in [-0.4, -0.2) is 23.1 Å². The molecule has 0 radical (unpaired) electrons. The zero-order valence-corrected chi connectivity index (χ0v) is 25.0. The Labute approximate surface area is 230 Å². The molecule has 0 aromatic carbocycles. The van der Waals surface area contributed by atoms with Crippen LogP contribution in [-0.2, 0) is 14.3 Å². The molecule has 0 spiro atoms. The van der Waals surface area contributed by atoms with E-state index in [0.717, 1.165) is 38.5 Å². The Morgan fingerprint density at radius 1 is 0.703 bits per heavy atom. The summed E-state index contributed by atoms with van der Waals surface area (Å²) < 4.78 is 6.13. The molecule has 37 heavy (non-hydrogen) atoms. The summed E-state index contributed by atoms with van der Waals surface area (Å²) in [6.07, 6.45) is 29.4. The summed E-state index contributed by atoms with van der Waals surface area (Å²) in [5.41, 5.74) is -0.876. The molecule has 1 aliphatic rings. The van der Waals surface area contributed by atoms with Gasteiger partial charge in [-0.3, -0.25) is 9.59 Å². The Balaban J connectivity index is 2.44. The van der Waals surface area contributed by atoms with Crippen LogP contribution in [0.4, 0.5) is 0 Å². The first-order valence-electron chi connectivity index (χ1n) is 16.4. The van der Waals surface area contributed by atoms with Gasteiger partial charge in [0.15, 0.2) is 0 Å². The molecule has 0 aliphatic heterocycles. The molecule has 0 bridgehead atoms. The van der Waals surface area contributed by atoms with Crippen molar-refractivity contribution >= 4 is 11.9 Å². The van der Waals surface area contributed by atoms with Gasteiger partial charge >= 0.3 is 11.9 Å². The van der Waals surface area contributed by atoms with Gasteiger partial charge in [-0.2, -0.15) is 0 Å². The van der Waals surface area contributed by atoms with E-state index in [1.54, 1.807) is 0 Å². The first kappa shape index (κ1) is 34.0. The van der Waals surface area contributed by atoms with Gasteiger partial charge in [-0.15, -0.1) is 0 Å². The number of esters is 1. The highest BCUT2D eigenvalue weighted by Crippen LogP contribution is 2.42. The molecule has 1 fully saturated rings. The van der Waals surface area contributed by atoms with Crippen LogP contribution in [0, 0.1) is 11.3 Å². The molecule has 0 aromatic rings. The number of carbonyl (C=O) groups is 2. The summed E-state index contributed by atoms with van der Waals surface area (Å²) in [5, 5.41) is 9.75. The quantitative estimate of drug-likeness (QED) is 0.101. The molecule has 3 unspecified atom stereocenters. The van der Waals surface area contributed by atoms with E-state index in [2.05, 4.69) is 13.8 Å². The molecule has 0 aromatic heterocycles. The van der Waals surface area contributed by atoms with Gasteiger partial charge in [0.2, 0.25) is 0 Å². The van der Waals surface area contributed by atoms with Crippen molar-refractivity contribution in [3.8, 4) is 0 Å². The average molecular weight is 523 g/mol. The van der Waals surface area contributed by atoms with Gasteiger partial charge in [-0.25, -0.2) is 0 Å². The van der Waals surface area contributed by atoms with Crippen LogP contribution in [0.2, 0.25) is 0 Å². The number of ether oxygens (including phenoxy) is 1. The summed E-state index contributed by atoms with van der Waals surface area (Å²) in [4.78, 5) is 25.2. The molecule has 1 saturated carbocycles. The van der Waals surface area contributed by atoms with Crippen molar-refractivity contribution in [2.45, 2.75) is 187 Å². The smallest absolute Gasteiger partial charge is 0.312 e. The maximum Gasteiger partial charge on any atom is 0.312 e. The molecule has 1 rings (SSSR count). The van der Waals surface area contributed by atoms with Crippen molar-refractivity contribution in [1.82, 2.24) is 0 Å². The van der Waals surface area contributed by atoms with Crippen LogP contribution in [0.25, 0.3) is 0 Å². The lowest BCUT2D eigenvalue weighted by Gasteiger charge is -2.37. The zero-order valence-electron chi connectivity index (χ0n) is 25.0. The topological polar surface area (TPSA) is 63.6 Å². The van der Waals surface area contributed by atoms with Crippen LogP contribution >= 0.6 is 0 Å². The Morgan fingerprint density at radius 2 is 1.11 bits per heavy atom. The van der Waals surface area contributed by atoms with E-state index >= 15 is 0 Å². The molecule has 0 saturated heterocycles. The molecular formula is C33H62O4. The maximum atomic E-state index is 13.3. The number of unbranched alkanes of at least 4 members (excludes halogenated alkanes) is 17. The lowest BCUT2D eigenvalue weighted by atomic mass is 9.67. The minimum absolute atomic E-state index is 0.0562. The van der Waals surface area contributed by atoms with E-state index in [-0.39, 0.29) is 12.1 Å². The van der Waals surface area contributed by atoms with E-state index < -0.39 is 17.3 Å². The Hall–Kier alpha value is -1.06. The molecule has 4 heteroatoms. The standard InChI is InChI=1S/C33H62O4/c1-4-6-8-10-12-14-16-18-20-22-26-29(25-21-19-17-15-13-11-9-7-5-2)37-32(36)33(3)28-24-23-27-30(33)31(34)35/h29-30H,4-28H2,1-3H3,(H,34,35). The van der Waals surface area contributed by atoms with E-state index in [1.807, 2.05) is 6.92 Å². The van der Waals surface area contributed by atoms with Gasteiger partial charge in [0.25, 0.3) is 0 Å². The normalized spacial score (nSPS) is 20.6. The van der Waals surface area contributed by atoms with Gasteiger partial charge in [0, 0.05) is 0 Å². The minimum atomic E-state index is -0.876. The van der Waals surface area contributed by atoms with Crippen LogP contribution < -0.4 is 0 Å². The van der Waals surface area contributed by atoms with Crippen molar-refractivity contribution in [1.29, 1.82) is 0 Å². The number of carboxylic acids is 1. The highest BCUT2D eigenvalue weighted by Gasteiger charge is 2.48. The van der Waals surface area contributed by atoms with E-state index in [1.165, 1.54) is 109 Å². The summed E-state index contributed by atoms with van der Waals surface area (Å²) in [6, 6.07) is 0. The van der Waals surface area contributed by atoms with Gasteiger partial charge < -0.3 is 9.84 Å².